The van der Waals surface area contributed by atoms with Gasteiger partial charge < -0.3 is 0 Å². The van der Waals surface area contributed by atoms with Crippen molar-refractivity contribution < 1.29 is 9.79 Å². The van der Waals surface area contributed by atoms with Gasteiger partial charge in [-0.25, -0.2) is 0 Å². The van der Waals surface area contributed by atoms with E-state index in [2.05, 4.69) is 25.8 Å². The number of rotatable bonds is 1. The summed E-state index contributed by atoms with van der Waals surface area (Å²) in [7, 11) is 0. The highest BCUT2D eigenvalue weighted by Crippen LogP contribution is 2.22. The van der Waals surface area contributed by atoms with Crippen molar-refractivity contribution in [2.45, 2.75) is 26.2 Å². The van der Waals surface area contributed by atoms with Crippen molar-refractivity contribution in [1.82, 2.24) is 0 Å². The van der Waals surface area contributed by atoms with Gasteiger partial charge in [-0.15, -0.1) is 4.99 Å². The fourth-order valence-electron chi connectivity index (χ4n) is 1.11. The minimum absolute atomic E-state index is 0.156. The van der Waals surface area contributed by atoms with Crippen LogP contribution in [0.1, 0.15) is 26.3 Å². The van der Waals surface area contributed by atoms with E-state index in [4.69, 9.17) is 0 Å². The summed E-state index contributed by atoms with van der Waals surface area (Å²) in [6.07, 6.45) is 1.64. The van der Waals surface area contributed by atoms with Crippen molar-refractivity contribution in [1.29, 1.82) is 0 Å². The molecule has 1 rings (SSSR count). The molecule has 2 heteroatoms. The molecule has 0 atom stereocenters. The Labute approximate surface area is 78.3 Å². The van der Waals surface area contributed by atoms with Crippen LogP contribution >= 0.6 is 0 Å². The first-order chi connectivity index (χ1) is 6.04. The summed E-state index contributed by atoms with van der Waals surface area (Å²) in [5.41, 5.74) is 2.19. The third kappa shape index (κ3) is 2.53. The highest BCUT2D eigenvalue weighted by Gasteiger charge is 2.13. The molecule has 1 aromatic rings. The van der Waals surface area contributed by atoms with E-state index < -0.39 is 0 Å². The zero-order chi connectivity index (χ0) is 9.90. The lowest BCUT2D eigenvalue weighted by molar-refractivity contribution is -0.350. The van der Waals surface area contributed by atoms with Gasteiger partial charge >= 0.3 is 6.08 Å². The summed E-state index contributed by atoms with van der Waals surface area (Å²) in [5, 5.41) is 0. The lowest BCUT2D eigenvalue weighted by atomic mass is 9.87. The summed E-state index contributed by atoms with van der Waals surface area (Å²) in [6, 6.07) is 7.79. The van der Waals surface area contributed by atoms with E-state index in [0.717, 1.165) is 5.69 Å². The van der Waals surface area contributed by atoms with Gasteiger partial charge in [0.05, 0.1) is 0 Å². The van der Waals surface area contributed by atoms with Crippen LogP contribution in [-0.2, 0) is 10.2 Å². The average molecular weight is 176 g/mol. The maximum absolute atomic E-state index is 10.0. The van der Waals surface area contributed by atoms with Crippen molar-refractivity contribution in [3.8, 4) is 0 Å². The molecule has 2 nitrogen and oxygen atoms in total. The van der Waals surface area contributed by atoms with Crippen LogP contribution in [0.15, 0.2) is 24.3 Å². The fourth-order valence-corrected chi connectivity index (χ4v) is 1.11. The molecule has 0 bridgehead atoms. The molecule has 1 N–H and O–H groups in total. The Morgan fingerprint density at radius 2 is 1.69 bits per heavy atom. The Bertz CT molecular complexity index is 326. The molecule has 0 spiro atoms. The summed E-state index contributed by atoms with van der Waals surface area (Å²) in [5.74, 6) is 0. The Kier molecular flexibility index (Phi) is 2.64. The second-order valence-electron chi connectivity index (χ2n) is 4.05. The third-order valence-corrected chi connectivity index (χ3v) is 1.95. The summed E-state index contributed by atoms with van der Waals surface area (Å²) < 4.78 is 0. The fraction of sp³-hybridized carbons (Fsp3) is 0.364. The van der Waals surface area contributed by atoms with E-state index in [0.29, 0.717) is 0 Å². The highest BCUT2D eigenvalue weighted by atomic mass is 16.1. The van der Waals surface area contributed by atoms with Crippen LogP contribution in [0.2, 0.25) is 0 Å². The van der Waals surface area contributed by atoms with Gasteiger partial charge in [0.25, 0.3) is 0 Å². The molecular formula is C11H14NO+. The summed E-state index contributed by atoms with van der Waals surface area (Å²) in [4.78, 5) is 12.5. The average Bonchev–Trinajstić information content (AvgIpc) is 2.04. The largest absolute Gasteiger partial charge is 0.428 e. The Balaban J connectivity index is 3.00. The number of carbonyl (C=O) groups excluding carboxylic acids is 1. The first-order valence-corrected chi connectivity index (χ1v) is 4.28. The van der Waals surface area contributed by atoms with Gasteiger partial charge in [0.15, 0.2) is 0 Å². The normalized spacial score (nSPS) is 10.7. The lowest BCUT2D eigenvalue weighted by Crippen LogP contribution is -2.59. The SMILES string of the molecule is CC(C)(C)c1ccc([NH+]=C=O)cc1. The first kappa shape index (κ1) is 9.69. The van der Waals surface area contributed by atoms with Gasteiger partial charge in [0.2, 0.25) is 5.69 Å². The topological polar surface area (TPSA) is 31.0 Å². The summed E-state index contributed by atoms with van der Waals surface area (Å²) in [6.45, 7) is 6.46. The number of hydrogen-bond acceptors (Lipinski definition) is 1. The van der Waals surface area contributed by atoms with Crippen LogP contribution in [0.3, 0.4) is 0 Å². The quantitative estimate of drug-likeness (QED) is 0.503. The van der Waals surface area contributed by atoms with Crippen LogP contribution in [0.25, 0.3) is 0 Å². The van der Waals surface area contributed by atoms with E-state index in [-0.39, 0.29) is 5.41 Å². The molecule has 0 amide bonds. The van der Waals surface area contributed by atoms with E-state index in [9.17, 15) is 4.79 Å². The van der Waals surface area contributed by atoms with Crippen LogP contribution in [0.4, 0.5) is 5.69 Å². The van der Waals surface area contributed by atoms with Crippen molar-refractivity contribution >= 4 is 11.8 Å². The molecule has 0 aliphatic rings. The van der Waals surface area contributed by atoms with Gasteiger partial charge in [-0.1, -0.05) is 32.9 Å². The molecule has 0 radical (unpaired) electrons. The molecule has 0 aromatic heterocycles. The zero-order valence-electron chi connectivity index (χ0n) is 8.22. The maximum atomic E-state index is 10.0. The standard InChI is InChI=1S/C11H13NO/c1-11(2,3)9-4-6-10(7-5-9)12-8-13/h4-7H,1-3H3/p+1. The van der Waals surface area contributed by atoms with Crippen molar-refractivity contribution in [2.24, 2.45) is 0 Å². The van der Waals surface area contributed by atoms with Crippen molar-refractivity contribution in [2.75, 3.05) is 0 Å². The van der Waals surface area contributed by atoms with Crippen LogP contribution in [-0.4, -0.2) is 6.08 Å². The molecule has 0 heterocycles. The smallest absolute Gasteiger partial charge is 0.159 e. The summed E-state index contributed by atoms with van der Waals surface area (Å²) >= 11 is 0. The molecule has 0 fully saturated rings. The lowest BCUT2D eigenvalue weighted by Gasteiger charge is -2.18. The van der Waals surface area contributed by atoms with Crippen LogP contribution in [0.5, 0.6) is 0 Å². The monoisotopic (exact) mass is 176 g/mol. The Morgan fingerprint density at radius 3 is 2.08 bits per heavy atom. The molecule has 0 saturated heterocycles. The number of hydrogen-bond donors (Lipinski definition) is 1. The molecule has 68 valence electrons. The number of benzene rings is 1. The predicted octanol–water partition coefficient (Wildman–Crippen LogP) is 1.03. The Hall–Kier alpha value is -1.40. The molecule has 0 aliphatic carbocycles. The Morgan fingerprint density at radius 1 is 1.15 bits per heavy atom. The van der Waals surface area contributed by atoms with E-state index in [1.807, 2.05) is 24.3 Å². The first-order valence-electron chi connectivity index (χ1n) is 4.28. The molecule has 0 saturated carbocycles. The highest BCUT2D eigenvalue weighted by molar-refractivity contribution is 5.37. The van der Waals surface area contributed by atoms with Crippen LogP contribution < -0.4 is 4.99 Å². The van der Waals surface area contributed by atoms with Gasteiger partial charge in [-0.05, 0) is 11.0 Å². The molecular weight excluding hydrogens is 162 g/mol. The van der Waals surface area contributed by atoms with Gasteiger partial charge in [0, 0.05) is 12.1 Å². The van der Waals surface area contributed by atoms with E-state index in [1.165, 1.54) is 5.56 Å². The predicted molar refractivity (Wildman–Crippen MR) is 51.5 cm³/mol. The minimum Gasteiger partial charge on any atom is -0.159 e. The van der Waals surface area contributed by atoms with E-state index >= 15 is 0 Å². The van der Waals surface area contributed by atoms with Gasteiger partial charge in [0.1, 0.15) is 0 Å². The number of isocyanates is 1. The van der Waals surface area contributed by atoms with E-state index in [1.54, 1.807) is 6.08 Å². The number of nitrogens with one attached hydrogen (secondary N) is 1. The van der Waals surface area contributed by atoms with Crippen LogP contribution in [0, 0.1) is 0 Å². The zero-order valence-corrected chi connectivity index (χ0v) is 8.22. The molecule has 0 unspecified atom stereocenters. The molecule has 1 aromatic carbocycles. The van der Waals surface area contributed by atoms with Gasteiger partial charge in [-0.3, -0.25) is 0 Å². The third-order valence-electron chi connectivity index (χ3n) is 1.95. The maximum Gasteiger partial charge on any atom is 0.428 e. The molecule has 13 heavy (non-hydrogen) atoms. The molecule has 0 aliphatic heterocycles. The minimum atomic E-state index is 0.156. The van der Waals surface area contributed by atoms with Crippen molar-refractivity contribution in [3.63, 3.8) is 0 Å². The second kappa shape index (κ2) is 3.55. The second-order valence-corrected chi connectivity index (χ2v) is 4.05. The van der Waals surface area contributed by atoms with Crippen molar-refractivity contribution in [3.05, 3.63) is 29.8 Å². The van der Waals surface area contributed by atoms with Gasteiger partial charge in [-0.2, -0.15) is 4.79 Å².